The smallest absolute Gasteiger partial charge is 0.348 e. The van der Waals surface area contributed by atoms with Crippen molar-refractivity contribution in [2.75, 3.05) is 20.3 Å². The first-order valence-corrected chi connectivity index (χ1v) is 7.26. The zero-order valence-electron chi connectivity index (χ0n) is 12.4. The molecule has 0 radical (unpaired) electrons. The fourth-order valence-corrected chi connectivity index (χ4v) is 2.20. The molecule has 0 bridgehead atoms. The number of carbonyl (C=O) groups is 1. The van der Waals surface area contributed by atoms with E-state index in [0.29, 0.717) is 34.7 Å². The van der Waals surface area contributed by atoms with Crippen molar-refractivity contribution in [1.29, 1.82) is 5.26 Å². The molecule has 0 amide bonds. The van der Waals surface area contributed by atoms with E-state index in [4.69, 9.17) is 14.7 Å². The van der Waals surface area contributed by atoms with Crippen LogP contribution in [0.1, 0.15) is 12.5 Å². The Hall–Kier alpha value is -2.26. The third-order valence-electron chi connectivity index (χ3n) is 2.51. The molecule has 116 valence electrons. The Kier molecular flexibility index (Phi) is 7.20. The van der Waals surface area contributed by atoms with Crippen LogP contribution in [0.5, 0.6) is 11.5 Å². The monoisotopic (exact) mass is 365 g/mol. The Balaban J connectivity index is 3.28. The van der Waals surface area contributed by atoms with Gasteiger partial charge in [-0.3, -0.25) is 0 Å². The maximum Gasteiger partial charge on any atom is 0.348 e. The second kappa shape index (κ2) is 8.90. The van der Waals surface area contributed by atoms with Crippen molar-refractivity contribution >= 4 is 28.0 Å². The average molecular weight is 366 g/mol. The lowest BCUT2D eigenvalue weighted by Gasteiger charge is -2.13. The van der Waals surface area contributed by atoms with Crippen molar-refractivity contribution in [2.45, 2.75) is 6.92 Å². The summed E-state index contributed by atoms with van der Waals surface area (Å²) in [5, 5.41) is 9.00. The molecule has 0 aliphatic heterocycles. The van der Waals surface area contributed by atoms with E-state index in [1.54, 1.807) is 24.3 Å². The minimum atomic E-state index is -0.691. The third-order valence-corrected chi connectivity index (χ3v) is 3.10. The predicted molar refractivity (Wildman–Crippen MR) is 86.6 cm³/mol. The van der Waals surface area contributed by atoms with E-state index in [1.807, 2.05) is 6.92 Å². The number of hydrogen-bond acceptors (Lipinski definition) is 5. The number of methoxy groups -OCH3 is 1. The Morgan fingerprint density at radius 2 is 2.18 bits per heavy atom. The second-order valence-corrected chi connectivity index (χ2v) is 4.88. The quantitative estimate of drug-likeness (QED) is 0.320. The van der Waals surface area contributed by atoms with E-state index in [2.05, 4.69) is 27.2 Å². The average Bonchev–Trinajstić information content (AvgIpc) is 2.51. The minimum Gasteiger partial charge on any atom is -0.490 e. The van der Waals surface area contributed by atoms with Gasteiger partial charge in [0.1, 0.15) is 18.2 Å². The van der Waals surface area contributed by atoms with Gasteiger partial charge in [-0.1, -0.05) is 12.7 Å². The molecule has 0 aliphatic rings. The molecular formula is C16H16BrNO4. The molecule has 22 heavy (non-hydrogen) atoms. The number of nitriles is 1. The van der Waals surface area contributed by atoms with Crippen LogP contribution in [0.15, 0.2) is 34.8 Å². The Bertz CT molecular complexity index is 632. The Morgan fingerprint density at radius 3 is 2.73 bits per heavy atom. The maximum atomic E-state index is 11.5. The van der Waals surface area contributed by atoms with Gasteiger partial charge < -0.3 is 14.2 Å². The van der Waals surface area contributed by atoms with Gasteiger partial charge in [0, 0.05) is 0 Å². The van der Waals surface area contributed by atoms with Crippen molar-refractivity contribution in [1.82, 2.24) is 0 Å². The molecule has 1 rings (SSSR count). The first-order chi connectivity index (χ1) is 10.6. The number of rotatable bonds is 7. The molecule has 0 aliphatic carbocycles. The summed E-state index contributed by atoms with van der Waals surface area (Å²) in [5.41, 5.74) is 0.514. The standard InChI is InChI=1S/C16H16BrNO4/c1-4-6-22-15-13(17)8-11(9-14(15)21-5-2)7-12(10-18)16(19)20-3/h4,7-9H,1,5-6H2,2-3H3/b12-7+. The lowest BCUT2D eigenvalue weighted by atomic mass is 10.1. The molecule has 0 spiro atoms. The van der Waals surface area contributed by atoms with E-state index in [9.17, 15) is 4.79 Å². The van der Waals surface area contributed by atoms with E-state index < -0.39 is 5.97 Å². The molecule has 6 heteroatoms. The molecule has 0 atom stereocenters. The van der Waals surface area contributed by atoms with Crippen LogP contribution in [0.2, 0.25) is 0 Å². The van der Waals surface area contributed by atoms with Crippen LogP contribution in [0, 0.1) is 11.3 Å². The van der Waals surface area contributed by atoms with E-state index >= 15 is 0 Å². The van der Waals surface area contributed by atoms with Gasteiger partial charge in [0.05, 0.1) is 18.2 Å². The topological polar surface area (TPSA) is 68.5 Å². The molecule has 0 saturated heterocycles. The summed E-state index contributed by atoms with van der Waals surface area (Å²) in [6, 6.07) is 5.22. The van der Waals surface area contributed by atoms with Crippen molar-refractivity contribution in [3.63, 3.8) is 0 Å². The maximum absolute atomic E-state index is 11.5. The van der Waals surface area contributed by atoms with Crippen molar-refractivity contribution in [2.24, 2.45) is 0 Å². The zero-order chi connectivity index (χ0) is 16.5. The fourth-order valence-electron chi connectivity index (χ4n) is 1.63. The minimum absolute atomic E-state index is 0.100. The van der Waals surface area contributed by atoms with Gasteiger partial charge in [-0.2, -0.15) is 5.26 Å². The summed E-state index contributed by atoms with van der Waals surface area (Å²) >= 11 is 3.40. The van der Waals surface area contributed by atoms with Crippen LogP contribution >= 0.6 is 15.9 Å². The van der Waals surface area contributed by atoms with Crippen LogP contribution in [-0.2, 0) is 9.53 Å². The number of nitrogens with zero attached hydrogens (tertiary/aromatic N) is 1. The molecule has 0 aromatic heterocycles. The second-order valence-electron chi connectivity index (χ2n) is 4.02. The largest absolute Gasteiger partial charge is 0.490 e. The highest BCUT2D eigenvalue weighted by Gasteiger charge is 2.14. The summed E-state index contributed by atoms with van der Waals surface area (Å²) < 4.78 is 16.3. The molecule has 0 saturated carbocycles. The summed E-state index contributed by atoms with van der Waals surface area (Å²) in [4.78, 5) is 11.5. The fraction of sp³-hybridized carbons (Fsp3) is 0.250. The van der Waals surface area contributed by atoms with Gasteiger partial charge in [0.15, 0.2) is 11.5 Å². The highest BCUT2D eigenvalue weighted by Crippen LogP contribution is 2.37. The van der Waals surface area contributed by atoms with Crippen molar-refractivity contribution in [3.05, 3.63) is 40.4 Å². The number of ether oxygens (including phenoxy) is 3. The molecule has 0 unspecified atom stereocenters. The lowest BCUT2D eigenvalue weighted by molar-refractivity contribution is -0.135. The number of esters is 1. The van der Waals surface area contributed by atoms with E-state index in [0.717, 1.165) is 0 Å². The lowest BCUT2D eigenvalue weighted by Crippen LogP contribution is -2.03. The zero-order valence-corrected chi connectivity index (χ0v) is 14.0. The van der Waals surface area contributed by atoms with Crippen molar-refractivity contribution in [3.8, 4) is 17.6 Å². The summed E-state index contributed by atoms with van der Waals surface area (Å²) in [7, 11) is 1.22. The molecule has 1 aromatic carbocycles. The van der Waals surface area contributed by atoms with E-state index in [-0.39, 0.29) is 5.57 Å². The molecule has 0 N–H and O–H groups in total. The molecule has 1 aromatic rings. The molecule has 0 fully saturated rings. The third kappa shape index (κ3) is 4.64. The van der Waals surface area contributed by atoms with Gasteiger partial charge in [-0.25, -0.2) is 4.79 Å². The normalized spacial score (nSPS) is 10.5. The van der Waals surface area contributed by atoms with Gasteiger partial charge in [-0.15, -0.1) is 0 Å². The summed E-state index contributed by atoms with van der Waals surface area (Å²) in [5.74, 6) is 0.353. The predicted octanol–water partition coefficient (Wildman–Crippen LogP) is 3.49. The van der Waals surface area contributed by atoms with Crippen LogP contribution in [0.25, 0.3) is 6.08 Å². The first-order valence-electron chi connectivity index (χ1n) is 6.47. The molecule has 0 heterocycles. The summed E-state index contributed by atoms with van der Waals surface area (Å²) in [6.45, 7) is 6.23. The summed E-state index contributed by atoms with van der Waals surface area (Å²) in [6.07, 6.45) is 3.05. The first kappa shape index (κ1) is 17.8. The molecular weight excluding hydrogens is 350 g/mol. The van der Waals surface area contributed by atoms with Gasteiger partial charge >= 0.3 is 5.97 Å². The van der Waals surface area contributed by atoms with Gasteiger partial charge in [0.25, 0.3) is 0 Å². The Labute approximate surface area is 137 Å². The number of carbonyl (C=O) groups excluding carboxylic acids is 1. The SMILES string of the molecule is C=CCOc1c(Br)cc(/C=C(\C#N)C(=O)OC)cc1OCC. The molecule has 5 nitrogen and oxygen atoms in total. The Morgan fingerprint density at radius 1 is 1.45 bits per heavy atom. The van der Waals surface area contributed by atoms with E-state index in [1.165, 1.54) is 13.2 Å². The van der Waals surface area contributed by atoms with Gasteiger partial charge in [-0.05, 0) is 46.6 Å². The number of halogens is 1. The van der Waals surface area contributed by atoms with Crippen LogP contribution in [-0.4, -0.2) is 26.3 Å². The number of benzene rings is 1. The highest BCUT2D eigenvalue weighted by atomic mass is 79.9. The van der Waals surface area contributed by atoms with Gasteiger partial charge in [0.2, 0.25) is 0 Å². The van der Waals surface area contributed by atoms with Crippen molar-refractivity contribution < 1.29 is 19.0 Å². The highest BCUT2D eigenvalue weighted by molar-refractivity contribution is 9.10. The van der Waals surface area contributed by atoms with Crippen LogP contribution in [0.3, 0.4) is 0 Å². The van der Waals surface area contributed by atoms with Crippen LogP contribution < -0.4 is 9.47 Å². The van der Waals surface area contributed by atoms with Crippen LogP contribution in [0.4, 0.5) is 0 Å². The number of hydrogen-bond donors (Lipinski definition) is 0.